The Morgan fingerprint density at radius 1 is 1.30 bits per heavy atom. The molecule has 1 N–H and O–H groups in total. The molecule has 0 radical (unpaired) electrons. The smallest absolute Gasteiger partial charge is 0.253 e. The van der Waals surface area contributed by atoms with Gasteiger partial charge < -0.3 is 5.32 Å². The van der Waals surface area contributed by atoms with Crippen molar-refractivity contribution >= 4 is 16.8 Å². The predicted octanol–water partition coefficient (Wildman–Crippen LogP) is 1.10. The Morgan fingerprint density at radius 3 is 2.87 bits per heavy atom. The highest BCUT2D eigenvalue weighted by molar-refractivity contribution is 6.05. The number of hydrogen-bond donors (Lipinski definition) is 1. The van der Waals surface area contributed by atoms with Crippen molar-refractivity contribution in [1.29, 1.82) is 0 Å². The summed E-state index contributed by atoms with van der Waals surface area (Å²) in [5.41, 5.74) is 0.845. The van der Waals surface area contributed by atoms with Gasteiger partial charge in [0.15, 0.2) is 0 Å². The van der Waals surface area contributed by atoms with Crippen molar-refractivity contribution in [2.75, 3.05) is 39.3 Å². The highest BCUT2D eigenvalue weighted by Crippen LogP contribution is 2.19. The van der Waals surface area contributed by atoms with Crippen LogP contribution < -0.4 is 5.32 Å². The van der Waals surface area contributed by atoms with E-state index in [2.05, 4.69) is 20.1 Å². The first-order valence-corrected chi connectivity index (χ1v) is 7.99. The number of carbonyl (C=O) groups excluding carboxylic acids is 1. The minimum absolute atomic E-state index is 0.258. The Hall–Kier alpha value is -2.05. The van der Waals surface area contributed by atoms with Crippen molar-refractivity contribution in [2.45, 2.75) is 6.04 Å². The molecule has 5 nitrogen and oxygen atoms in total. The number of benzene rings is 1. The largest absolute Gasteiger partial charge is 0.350 e. The van der Waals surface area contributed by atoms with E-state index in [-0.39, 0.29) is 5.91 Å². The van der Waals surface area contributed by atoms with Gasteiger partial charge in [-0.15, -0.1) is 0 Å². The zero-order valence-corrected chi connectivity index (χ0v) is 12.8. The van der Waals surface area contributed by atoms with Gasteiger partial charge in [-0.2, -0.15) is 0 Å². The molecule has 0 aliphatic carbocycles. The summed E-state index contributed by atoms with van der Waals surface area (Å²) >= 11 is 0. The highest BCUT2D eigenvalue weighted by Gasteiger charge is 2.31. The summed E-state index contributed by atoms with van der Waals surface area (Å²) in [6, 6.07) is 6.51. The fraction of sp³-hybridized carbons (Fsp3) is 0.412. The fourth-order valence-corrected chi connectivity index (χ4v) is 3.55. The zero-order chi connectivity index (χ0) is 15.8. The van der Waals surface area contributed by atoms with Crippen molar-refractivity contribution in [3.8, 4) is 0 Å². The average molecular weight is 314 g/mol. The molecule has 1 unspecified atom stereocenters. The summed E-state index contributed by atoms with van der Waals surface area (Å²) in [6.45, 7) is 5.92. The molecule has 1 amide bonds. The normalized spacial score (nSPS) is 26.4. The first-order chi connectivity index (χ1) is 11.2. The molecule has 3 aliphatic heterocycles. The van der Waals surface area contributed by atoms with Gasteiger partial charge in [0.2, 0.25) is 0 Å². The van der Waals surface area contributed by atoms with Crippen molar-refractivity contribution < 1.29 is 9.18 Å². The molecule has 0 spiro atoms. The second-order valence-corrected chi connectivity index (χ2v) is 6.23. The number of nitrogens with one attached hydrogen (secondary N) is 1. The standard InChI is InChI=1S/C17H19FN4O/c18-13-8-12-2-1-3-19-16(12)15(9-13)17(23)20-10-14-11-21-4-6-22(14)7-5-21/h1-3,8-9,14H,4-7,10-11H2,(H,20,23). The molecule has 1 atom stereocenters. The van der Waals surface area contributed by atoms with Crippen LogP contribution in [0.5, 0.6) is 0 Å². The third kappa shape index (κ3) is 2.80. The summed E-state index contributed by atoms with van der Waals surface area (Å²) in [6.07, 6.45) is 1.62. The number of fused-ring (bicyclic) bond motifs is 4. The van der Waals surface area contributed by atoms with E-state index in [1.54, 1.807) is 18.3 Å². The SMILES string of the molecule is O=C(NCC1CN2CCN1CC2)c1cc(F)cc2cccnc12. The Bertz CT molecular complexity index is 742. The van der Waals surface area contributed by atoms with Crippen LogP contribution >= 0.6 is 0 Å². The van der Waals surface area contributed by atoms with Gasteiger partial charge in [0, 0.05) is 56.9 Å². The third-order valence-electron chi connectivity index (χ3n) is 4.80. The third-order valence-corrected chi connectivity index (χ3v) is 4.80. The van der Waals surface area contributed by atoms with E-state index in [0.29, 0.717) is 29.1 Å². The van der Waals surface area contributed by atoms with E-state index < -0.39 is 5.82 Å². The molecule has 1 aromatic heterocycles. The molecular formula is C17H19FN4O. The molecule has 3 fully saturated rings. The number of nitrogens with zero attached hydrogens (tertiary/aromatic N) is 3. The minimum atomic E-state index is -0.415. The summed E-state index contributed by atoms with van der Waals surface area (Å²) in [5, 5.41) is 3.60. The number of amides is 1. The summed E-state index contributed by atoms with van der Waals surface area (Å²) < 4.78 is 13.8. The van der Waals surface area contributed by atoms with Gasteiger partial charge in [-0.1, -0.05) is 6.07 Å². The van der Waals surface area contributed by atoms with Gasteiger partial charge in [0.25, 0.3) is 5.91 Å². The molecule has 3 aliphatic rings. The molecule has 120 valence electrons. The van der Waals surface area contributed by atoms with Crippen LogP contribution in [0.4, 0.5) is 4.39 Å². The summed E-state index contributed by atoms with van der Waals surface area (Å²) in [5.74, 6) is -0.673. The molecule has 2 bridgehead atoms. The number of halogens is 1. The average Bonchev–Trinajstić information content (AvgIpc) is 2.60. The van der Waals surface area contributed by atoms with Crippen molar-refractivity contribution in [1.82, 2.24) is 20.1 Å². The summed E-state index contributed by atoms with van der Waals surface area (Å²) in [4.78, 5) is 21.6. The number of rotatable bonds is 3. The molecule has 3 saturated heterocycles. The number of pyridine rings is 1. The maximum Gasteiger partial charge on any atom is 0.253 e. The number of piperazine rings is 3. The monoisotopic (exact) mass is 314 g/mol. The lowest BCUT2D eigenvalue weighted by molar-refractivity contribution is 0.0138. The Kier molecular flexibility index (Phi) is 3.71. The molecule has 1 aromatic carbocycles. The van der Waals surface area contributed by atoms with Crippen LogP contribution in [0.1, 0.15) is 10.4 Å². The maximum atomic E-state index is 13.8. The van der Waals surface area contributed by atoms with E-state index in [9.17, 15) is 9.18 Å². The molecule has 0 saturated carbocycles. The fourth-order valence-electron chi connectivity index (χ4n) is 3.55. The zero-order valence-electron chi connectivity index (χ0n) is 12.8. The van der Waals surface area contributed by atoms with Gasteiger partial charge >= 0.3 is 0 Å². The Labute approximate surface area is 134 Å². The maximum absolute atomic E-state index is 13.8. The second-order valence-electron chi connectivity index (χ2n) is 6.23. The Morgan fingerprint density at radius 2 is 2.13 bits per heavy atom. The first kappa shape index (κ1) is 14.5. The van der Waals surface area contributed by atoms with Gasteiger partial charge in [0.05, 0.1) is 11.1 Å². The van der Waals surface area contributed by atoms with Crippen LogP contribution in [-0.4, -0.2) is 66.0 Å². The van der Waals surface area contributed by atoms with Crippen LogP contribution in [0.25, 0.3) is 10.9 Å². The molecule has 2 aromatic rings. The van der Waals surface area contributed by atoms with E-state index >= 15 is 0 Å². The van der Waals surface area contributed by atoms with Crippen molar-refractivity contribution in [3.63, 3.8) is 0 Å². The van der Waals surface area contributed by atoms with Crippen LogP contribution in [0.15, 0.2) is 30.5 Å². The van der Waals surface area contributed by atoms with Crippen LogP contribution in [0.2, 0.25) is 0 Å². The quantitative estimate of drug-likeness (QED) is 0.922. The minimum Gasteiger partial charge on any atom is -0.350 e. The van der Waals surface area contributed by atoms with Crippen LogP contribution in [0, 0.1) is 5.82 Å². The van der Waals surface area contributed by atoms with Crippen molar-refractivity contribution in [3.05, 3.63) is 41.8 Å². The second kappa shape index (κ2) is 5.86. The lowest BCUT2D eigenvalue weighted by atomic mass is 10.1. The molecular weight excluding hydrogens is 295 g/mol. The van der Waals surface area contributed by atoms with E-state index in [4.69, 9.17) is 0 Å². The molecule has 6 heteroatoms. The van der Waals surface area contributed by atoms with E-state index in [1.807, 2.05) is 0 Å². The number of aromatic nitrogens is 1. The van der Waals surface area contributed by atoms with E-state index in [0.717, 1.165) is 32.7 Å². The highest BCUT2D eigenvalue weighted by atomic mass is 19.1. The molecule has 5 rings (SSSR count). The lowest BCUT2D eigenvalue weighted by Gasteiger charge is -2.47. The van der Waals surface area contributed by atoms with Gasteiger partial charge in [-0.3, -0.25) is 19.6 Å². The Balaban J connectivity index is 1.51. The van der Waals surface area contributed by atoms with Crippen LogP contribution in [-0.2, 0) is 0 Å². The molecule has 4 heterocycles. The van der Waals surface area contributed by atoms with Crippen molar-refractivity contribution in [2.24, 2.45) is 0 Å². The first-order valence-electron chi connectivity index (χ1n) is 7.99. The lowest BCUT2D eigenvalue weighted by Crippen LogP contribution is -2.63. The van der Waals surface area contributed by atoms with E-state index in [1.165, 1.54) is 12.1 Å². The van der Waals surface area contributed by atoms with Crippen LogP contribution in [0.3, 0.4) is 0 Å². The van der Waals surface area contributed by atoms with Gasteiger partial charge in [0.1, 0.15) is 5.82 Å². The number of carbonyl (C=O) groups is 1. The predicted molar refractivity (Wildman–Crippen MR) is 85.8 cm³/mol. The summed E-state index contributed by atoms with van der Waals surface area (Å²) in [7, 11) is 0. The number of hydrogen-bond acceptors (Lipinski definition) is 4. The topological polar surface area (TPSA) is 48.5 Å². The molecule has 23 heavy (non-hydrogen) atoms. The van der Waals surface area contributed by atoms with Gasteiger partial charge in [-0.25, -0.2) is 4.39 Å². The van der Waals surface area contributed by atoms with Gasteiger partial charge in [-0.05, 0) is 18.2 Å².